The van der Waals surface area contributed by atoms with Crippen molar-refractivity contribution in [1.29, 1.82) is 0 Å². The Balaban J connectivity index is 1.33. The number of unbranched alkanes of at least 4 members (excludes halogenated alkanes) is 5. The molecule has 7 fully saturated rings. The van der Waals surface area contributed by atoms with Crippen LogP contribution in [0.3, 0.4) is 0 Å². The lowest BCUT2D eigenvalue weighted by molar-refractivity contribution is -0.274. The molecule has 0 aromatic heterocycles. The van der Waals surface area contributed by atoms with Crippen LogP contribution < -0.4 is 0 Å². The normalized spacial score (nSPS) is 52.2. The summed E-state index contributed by atoms with van der Waals surface area (Å²) in [5.74, 6) is 19.4. The van der Waals surface area contributed by atoms with Gasteiger partial charge in [-0.1, -0.05) is 278 Å². The molecule has 0 amide bonds. The van der Waals surface area contributed by atoms with Crippen molar-refractivity contribution < 1.29 is 0 Å². The molecule has 0 radical (unpaired) electrons. The fourth-order valence-corrected chi connectivity index (χ4v) is 28.2. The summed E-state index contributed by atoms with van der Waals surface area (Å²) in [7, 11) is 0. The summed E-state index contributed by atoms with van der Waals surface area (Å²) in [6, 6.07) is 0. The first-order valence-electron chi connectivity index (χ1n) is 25.4. The summed E-state index contributed by atoms with van der Waals surface area (Å²) in [6.07, 6.45) is 22.2. The van der Waals surface area contributed by atoms with Crippen molar-refractivity contribution in [1.82, 2.24) is 0 Å². The monoisotopic (exact) mass is 1600 g/mol. The van der Waals surface area contributed by atoms with E-state index in [1.54, 1.807) is 6.42 Å². The van der Waals surface area contributed by atoms with Crippen LogP contribution in [0, 0.1) is 124 Å². The van der Waals surface area contributed by atoms with Gasteiger partial charge in [0.15, 0.2) is 0 Å². The number of halogens is 7. The third kappa shape index (κ3) is 9.19. The maximum Gasteiger partial charge on any atom is 0.0417 e. The van der Waals surface area contributed by atoms with Crippen molar-refractivity contribution >= 4 is 158 Å². The van der Waals surface area contributed by atoms with Crippen molar-refractivity contribution in [2.75, 3.05) is 8.86 Å². The molecule has 2 bridgehead atoms. The lowest BCUT2D eigenvalue weighted by atomic mass is 9.28. The molecule has 0 heterocycles. The van der Waals surface area contributed by atoms with Gasteiger partial charge in [-0.15, -0.1) is 0 Å². The lowest BCUT2D eigenvalue weighted by Gasteiger charge is -2.80. The smallest absolute Gasteiger partial charge is 0.0417 e. The minimum atomic E-state index is 0.482. The molecule has 59 heavy (non-hydrogen) atoms. The van der Waals surface area contributed by atoms with Crippen LogP contribution in [0.4, 0.5) is 0 Å². The van der Waals surface area contributed by atoms with Crippen LogP contribution in [0.15, 0.2) is 0 Å². The zero-order chi connectivity index (χ0) is 42.9. The topological polar surface area (TPSA) is 0 Å². The van der Waals surface area contributed by atoms with Crippen LogP contribution >= 0.6 is 158 Å². The van der Waals surface area contributed by atoms with E-state index < -0.39 is 0 Å². The molecule has 0 N–H and O–H groups in total. The Kier molecular flexibility index (Phi) is 19.0. The molecule has 0 aromatic rings. The van der Waals surface area contributed by atoms with Gasteiger partial charge in [0.25, 0.3) is 0 Å². The van der Waals surface area contributed by atoms with Gasteiger partial charge in [-0.3, -0.25) is 0 Å². The Morgan fingerprint density at radius 3 is 1.73 bits per heavy atom. The predicted octanol–water partition coefficient (Wildman–Crippen LogP) is 18.7. The number of hydrogen-bond acceptors (Lipinski definition) is 0. The highest BCUT2D eigenvalue weighted by atomic mass is 127. The second-order valence-corrected chi connectivity index (χ2v) is 34.4. The average Bonchev–Trinajstić information content (AvgIpc) is 3.30. The Hall–Kier alpha value is 5.11. The summed E-state index contributed by atoms with van der Waals surface area (Å²) in [5, 5.41) is 0. The summed E-state index contributed by atoms with van der Waals surface area (Å²) in [5.41, 5.74) is 0. The molecular formula is C52H85I7. The fourth-order valence-electron chi connectivity index (χ4n) is 17.8. The molecule has 7 heteroatoms. The Bertz CT molecular complexity index is 1370. The van der Waals surface area contributed by atoms with Gasteiger partial charge in [-0.2, -0.15) is 0 Å². The SMILES string of the molecule is CC(C)C1C2C3C4C5CC[C@@H](C)C(CCC(C(C)CI)[C@H]([C@H](C)I)CC[C@H](C)[C@@H](C)CCC(C)C5CCCCCCCCI)[C@@]4(I)C3C3C4C2[C@@H]1C(I)[C@]4(I)C3[C@H](C)I. The van der Waals surface area contributed by atoms with Crippen molar-refractivity contribution in [3.8, 4) is 0 Å². The molecule has 0 nitrogen and oxygen atoms in total. The molecule has 342 valence electrons. The van der Waals surface area contributed by atoms with E-state index in [0.29, 0.717) is 6.84 Å². The Labute approximate surface area is 461 Å². The van der Waals surface area contributed by atoms with Gasteiger partial charge in [0.05, 0.1) is 0 Å². The van der Waals surface area contributed by atoms with Gasteiger partial charge in [-0.25, -0.2) is 0 Å². The molecular weight excluding hydrogens is 1510 g/mol. The summed E-state index contributed by atoms with van der Waals surface area (Å²) >= 11 is 20.8. The standard InChI is InChI=1S/C52H85I7/c1-27(2)40-41-42-43(40)50(57)52(59)46(34(9)56)45(48(42)52)49-44(41)47-38-22-20-31(6)39(51(47,49)58)24-23-36(32(7)26-54)37(33(8)55)21-19-29(4)28(3)17-18-30(5)35(38)16-14-12-10-11-13-15-25-53/h27-50H,10-26H2,1-9H3/t28-,29-,30?,31+,32?,33-,34-,35?,36?,37-,38?,39?,40?,41?,42?,43+,44?,45?,46?,47?,48?,49?,50?,51-,52-/m0/s1. The number of alkyl halides is 7. The lowest BCUT2D eigenvalue weighted by Crippen LogP contribution is -2.81. The predicted molar refractivity (Wildman–Crippen MR) is 318 cm³/mol. The minimum absolute atomic E-state index is 0.482. The zero-order valence-electron chi connectivity index (χ0n) is 38.5. The molecule has 7 rings (SSSR count). The van der Waals surface area contributed by atoms with E-state index >= 15 is 0 Å². The number of rotatable bonds is 13. The third-order valence-corrected chi connectivity index (χ3v) is 31.8. The highest BCUT2D eigenvalue weighted by Gasteiger charge is 2.88. The fraction of sp³-hybridized carbons (Fsp3) is 1.00. The van der Waals surface area contributed by atoms with Gasteiger partial charge in [-0.05, 0) is 167 Å². The molecule has 7 aliphatic rings. The van der Waals surface area contributed by atoms with Gasteiger partial charge >= 0.3 is 0 Å². The second kappa shape index (κ2) is 21.6. The first kappa shape index (κ1) is 51.9. The average molecular weight is 1600 g/mol. The van der Waals surface area contributed by atoms with E-state index in [4.69, 9.17) is 0 Å². The van der Waals surface area contributed by atoms with Gasteiger partial charge in [0.1, 0.15) is 0 Å². The molecule has 16 unspecified atom stereocenters. The minimum Gasteiger partial charge on any atom is -0.0864 e. The molecule has 7 aliphatic carbocycles. The van der Waals surface area contributed by atoms with Crippen molar-refractivity contribution in [2.24, 2.45) is 124 Å². The third-order valence-electron chi connectivity index (χ3n) is 20.6. The first-order valence-corrected chi connectivity index (χ1v) is 34.4. The van der Waals surface area contributed by atoms with E-state index in [1.165, 1.54) is 98.7 Å². The molecule has 0 aliphatic heterocycles. The summed E-state index contributed by atoms with van der Waals surface area (Å²) < 4.78 is 6.10. The van der Waals surface area contributed by atoms with Gasteiger partial charge in [0.2, 0.25) is 0 Å². The van der Waals surface area contributed by atoms with E-state index in [1.807, 2.05) is 0 Å². The maximum absolute atomic E-state index is 3.41. The van der Waals surface area contributed by atoms with Crippen LogP contribution in [0.2, 0.25) is 0 Å². The van der Waals surface area contributed by atoms with Crippen LogP contribution in [0.25, 0.3) is 0 Å². The van der Waals surface area contributed by atoms with E-state index in [-0.39, 0.29) is 0 Å². The largest absolute Gasteiger partial charge is 0.0864 e. The zero-order valence-corrected chi connectivity index (χ0v) is 53.6. The van der Waals surface area contributed by atoms with Crippen molar-refractivity contribution in [2.45, 2.75) is 177 Å². The van der Waals surface area contributed by atoms with Crippen molar-refractivity contribution in [3.05, 3.63) is 0 Å². The van der Waals surface area contributed by atoms with Crippen LogP contribution in [-0.4, -0.2) is 27.5 Å². The summed E-state index contributed by atoms with van der Waals surface area (Å²) in [6.45, 7) is 24.2. The highest BCUT2D eigenvalue weighted by molar-refractivity contribution is 14.1. The maximum atomic E-state index is 3.41. The van der Waals surface area contributed by atoms with Crippen molar-refractivity contribution in [3.63, 3.8) is 0 Å². The van der Waals surface area contributed by atoms with Crippen LogP contribution in [0.1, 0.15) is 159 Å². The van der Waals surface area contributed by atoms with E-state index in [2.05, 4.69) is 220 Å². The van der Waals surface area contributed by atoms with Gasteiger partial charge < -0.3 is 0 Å². The number of fused-ring (bicyclic) bond motifs is 3. The highest BCUT2D eigenvalue weighted by Crippen LogP contribution is 2.89. The van der Waals surface area contributed by atoms with Crippen LogP contribution in [0.5, 0.6) is 0 Å². The summed E-state index contributed by atoms with van der Waals surface area (Å²) in [4.78, 5) is 0. The van der Waals surface area contributed by atoms with E-state index in [0.717, 1.165) is 136 Å². The molecule has 0 spiro atoms. The Morgan fingerprint density at radius 1 is 0.542 bits per heavy atom. The first-order chi connectivity index (χ1) is 28.0. The van der Waals surface area contributed by atoms with Gasteiger partial charge in [0, 0.05) is 23.0 Å². The van der Waals surface area contributed by atoms with Crippen LogP contribution in [-0.2, 0) is 0 Å². The second-order valence-electron chi connectivity index (χ2n) is 23.4. The molecule has 0 aromatic carbocycles. The molecule has 7 saturated carbocycles. The Morgan fingerprint density at radius 2 is 1.12 bits per heavy atom. The molecule has 0 saturated heterocycles. The molecule has 25 atom stereocenters. The van der Waals surface area contributed by atoms with E-state index in [9.17, 15) is 0 Å². The quantitative estimate of drug-likeness (QED) is 0.0979. The number of hydrogen-bond donors (Lipinski definition) is 0.